The van der Waals surface area contributed by atoms with E-state index in [1.54, 1.807) is 0 Å². The number of carbonyl (C=O) groups excluding carboxylic acids is 1. The molecular weight excluding hydrogens is 400 g/mol. The zero-order valence-corrected chi connectivity index (χ0v) is 17.6. The summed E-state index contributed by atoms with van der Waals surface area (Å²) in [6.07, 6.45) is 0. The van der Waals surface area contributed by atoms with E-state index in [-0.39, 0.29) is 18.2 Å². The van der Waals surface area contributed by atoms with E-state index in [4.69, 9.17) is 20.4 Å². The van der Waals surface area contributed by atoms with E-state index in [2.05, 4.69) is 0 Å². The Morgan fingerprint density at radius 3 is 2.19 bits per heavy atom. The van der Waals surface area contributed by atoms with Gasteiger partial charge in [-0.25, -0.2) is 14.8 Å². The predicted octanol–water partition coefficient (Wildman–Crippen LogP) is 5.13. The lowest BCUT2D eigenvalue weighted by atomic mass is 10.1. The summed E-state index contributed by atoms with van der Waals surface area (Å²) >= 11 is 0. The fraction of sp³-hybridized carbons (Fsp3) is 0.115. The minimum atomic E-state index is -0.514. The van der Waals surface area contributed by atoms with Crippen LogP contribution in [0.5, 0.6) is 0 Å². The number of nitrogens with zero attached hydrogens (tertiary/aromatic N) is 3. The molecule has 0 bridgehead atoms. The van der Waals surface area contributed by atoms with Crippen LogP contribution in [0.25, 0.3) is 22.2 Å². The maximum atomic E-state index is 13.2. The smallest absolute Gasteiger partial charge is 0.344 e. The van der Waals surface area contributed by atoms with Gasteiger partial charge in [0.1, 0.15) is 23.5 Å². The largest absolute Gasteiger partial charge is 0.457 e. The third-order valence-corrected chi connectivity index (χ3v) is 5.62. The number of esters is 1. The molecule has 0 aliphatic rings. The van der Waals surface area contributed by atoms with Gasteiger partial charge in [0.25, 0.3) is 0 Å². The van der Waals surface area contributed by atoms with Gasteiger partial charge in [-0.3, -0.25) is 0 Å². The molecule has 0 aliphatic heterocycles. The van der Waals surface area contributed by atoms with Crippen molar-refractivity contribution in [1.29, 1.82) is 0 Å². The molecular formula is C26H22N4O2. The second kappa shape index (κ2) is 8.15. The number of anilines is 1. The number of para-hydroxylation sites is 2. The number of nitrogens with two attached hydrogens (primary N) is 1. The lowest BCUT2D eigenvalue weighted by Gasteiger charge is -2.17. The molecule has 0 saturated heterocycles. The maximum absolute atomic E-state index is 13.2. The fourth-order valence-corrected chi connectivity index (χ4v) is 3.95. The van der Waals surface area contributed by atoms with E-state index in [0.29, 0.717) is 22.5 Å². The molecule has 1 atom stereocenters. The van der Waals surface area contributed by atoms with Crippen molar-refractivity contribution in [3.63, 3.8) is 0 Å². The van der Waals surface area contributed by atoms with Crippen LogP contribution in [-0.4, -0.2) is 20.5 Å². The quantitative estimate of drug-likeness (QED) is 0.397. The Balaban J connectivity index is 1.65. The van der Waals surface area contributed by atoms with E-state index in [0.717, 1.165) is 16.6 Å². The highest BCUT2D eigenvalue weighted by atomic mass is 16.5. The molecule has 158 valence electrons. The van der Waals surface area contributed by atoms with Crippen LogP contribution in [0, 0.1) is 0 Å². The lowest BCUT2D eigenvalue weighted by Crippen LogP contribution is -2.13. The van der Waals surface area contributed by atoms with Crippen LogP contribution in [0.2, 0.25) is 0 Å². The Kier molecular flexibility index (Phi) is 5.03. The molecule has 3 aromatic carbocycles. The summed E-state index contributed by atoms with van der Waals surface area (Å²) < 4.78 is 7.48. The van der Waals surface area contributed by atoms with Gasteiger partial charge in [0, 0.05) is 0 Å². The van der Waals surface area contributed by atoms with Crippen LogP contribution in [0.1, 0.15) is 34.5 Å². The number of fused-ring (bicyclic) bond motifs is 2. The number of aromatic nitrogens is 3. The van der Waals surface area contributed by atoms with Gasteiger partial charge in [-0.15, -0.1) is 0 Å². The Morgan fingerprint density at radius 2 is 1.50 bits per heavy atom. The van der Waals surface area contributed by atoms with Crippen LogP contribution < -0.4 is 5.73 Å². The van der Waals surface area contributed by atoms with Crippen molar-refractivity contribution in [2.24, 2.45) is 0 Å². The summed E-state index contributed by atoms with van der Waals surface area (Å²) in [5.41, 5.74) is 11.2. The van der Waals surface area contributed by atoms with Gasteiger partial charge in [0.15, 0.2) is 5.65 Å². The molecule has 0 spiro atoms. The Morgan fingerprint density at radius 1 is 0.906 bits per heavy atom. The molecule has 6 nitrogen and oxygen atoms in total. The van der Waals surface area contributed by atoms with Crippen molar-refractivity contribution in [2.75, 3.05) is 5.73 Å². The van der Waals surface area contributed by atoms with Crippen molar-refractivity contribution in [3.8, 4) is 0 Å². The van der Waals surface area contributed by atoms with Gasteiger partial charge in [-0.05, 0) is 30.2 Å². The zero-order chi connectivity index (χ0) is 22.1. The highest BCUT2D eigenvalue weighted by Gasteiger charge is 2.27. The second-order valence-corrected chi connectivity index (χ2v) is 7.66. The van der Waals surface area contributed by atoms with Gasteiger partial charge in [-0.1, -0.05) is 72.8 Å². The first-order valence-electron chi connectivity index (χ1n) is 10.5. The van der Waals surface area contributed by atoms with E-state index >= 15 is 0 Å². The average molecular weight is 422 g/mol. The SMILES string of the molecule is CC(c1ccccc1)n1c(N)c(C(=O)OCc2ccccc2)c2nc3ccccc3nc21. The normalized spacial score (nSPS) is 12.2. The first-order chi connectivity index (χ1) is 15.6. The minimum absolute atomic E-state index is 0.148. The van der Waals surface area contributed by atoms with Gasteiger partial charge < -0.3 is 15.0 Å². The number of ether oxygens (including phenoxy) is 1. The second-order valence-electron chi connectivity index (χ2n) is 7.66. The topological polar surface area (TPSA) is 83.0 Å². The van der Waals surface area contributed by atoms with Crippen LogP contribution in [0.3, 0.4) is 0 Å². The summed E-state index contributed by atoms with van der Waals surface area (Å²) in [5.74, 6) is -0.218. The van der Waals surface area contributed by atoms with E-state index in [1.807, 2.05) is 96.4 Å². The molecule has 0 radical (unpaired) electrons. The average Bonchev–Trinajstić information content (AvgIpc) is 3.12. The highest BCUT2D eigenvalue weighted by Crippen LogP contribution is 2.33. The highest BCUT2D eigenvalue weighted by molar-refractivity contribution is 6.08. The van der Waals surface area contributed by atoms with Gasteiger partial charge in [0.05, 0.1) is 17.1 Å². The molecule has 0 fully saturated rings. The Bertz CT molecular complexity index is 1410. The molecule has 0 saturated carbocycles. The van der Waals surface area contributed by atoms with E-state index in [1.165, 1.54) is 0 Å². The molecule has 5 rings (SSSR count). The summed E-state index contributed by atoms with van der Waals surface area (Å²) in [7, 11) is 0. The summed E-state index contributed by atoms with van der Waals surface area (Å²) in [5, 5.41) is 0. The molecule has 2 N–H and O–H groups in total. The lowest BCUT2D eigenvalue weighted by molar-refractivity contribution is 0.0476. The molecule has 6 heteroatoms. The Hall–Kier alpha value is -4.19. The molecule has 0 aliphatic carbocycles. The fourth-order valence-electron chi connectivity index (χ4n) is 3.95. The van der Waals surface area contributed by atoms with Crippen molar-refractivity contribution >= 4 is 34.0 Å². The number of hydrogen-bond acceptors (Lipinski definition) is 5. The number of nitrogen functional groups attached to an aromatic ring is 1. The van der Waals surface area contributed by atoms with E-state index < -0.39 is 5.97 Å². The molecule has 32 heavy (non-hydrogen) atoms. The summed E-state index contributed by atoms with van der Waals surface area (Å²) in [6.45, 7) is 2.18. The van der Waals surface area contributed by atoms with Crippen molar-refractivity contribution in [1.82, 2.24) is 14.5 Å². The first-order valence-corrected chi connectivity index (χ1v) is 10.5. The molecule has 1 unspecified atom stereocenters. The number of carbonyl (C=O) groups is 1. The summed E-state index contributed by atoms with van der Waals surface area (Å²) in [6, 6.07) is 26.9. The van der Waals surface area contributed by atoms with Crippen molar-refractivity contribution in [3.05, 3.63) is 102 Å². The Labute approximate surface area is 185 Å². The third-order valence-electron chi connectivity index (χ3n) is 5.62. The van der Waals surface area contributed by atoms with E-state index in [9.17, 15) is 4.79 Å². The monoisotopic (exact) mass is 422 g/mol. The number of rotatable bonds is 5. The number of hydrogen-bond donors (Lipinski definition) is 1. The minimum Gasteiger partial charge on any atom is -0.457 e. The van der Waals surface area contributed by atoms with Crippen LogP contribution >= 0.6 is 0 Å². The number of benzene rings is 3. The van der Waals surface area contributed by atoms with Crippen molar-refractivity contribution < 1.29 is 9.53 Å². The maximum Gasteiger partial charge on any atom is 0.344 e. The van der Waals surface area contributed by atoms with Crippen LogP contribution in [-0.2, 0) is 11.3 Å². The van der Waals surface area contributed by atoms with Crippen LogP contribution in [0.15, 0.2) is 84.9 Å². The standard InChI is InChI=1S/C26H22N4O2/c1-17(19-12-6-3-7-13-19)30-24(27)22(26(31)32-16-18-10-4-2-5-11-18)23-25(30)29-21-15-9-8-14-20(21)28-23/h2-15,17H,16,27H2,1H3. The van der Waals surface area contributed by atoms with Gasteiger partial charge in [-0.2, -0.15) is 0 Å². The zero-order valence-electron chi connectivity index (χ0n) is 17.6. The molecule has 2 heterocycles. The van der Waals surface area contributed by atoms with Gasteiger partial charge >= 0.3 is 5.97 Å². The van der Waals surface area contributed by atoms with Gasteiger partial charge in [0.2, 0.25) is 0 Å². The molecule has 5 aromatic rings. The van der Waals surface area contributed by atoms with Crippen molar-refractivity contribution in [2.45, 2.75) is 19.6 Å². The molecule has 0 amide bonds. The van der Waals surface area contributed by atoms with Crippen LogP contribution in [0.4, 0.5) is 5.82 Å². The predicted molar refractivity (Wildman–Crippen MR) is 125 cm³/mol. The summed E-state index contributed by atoms with van der Waals surface area (Å²) in [4.78, 5) is 22.7. The molecule has 2 aromatic heterocycles. The third kappa shape index (κ3) is 3.46. The first kappa shape index (κ1) is 19.8.